The summed E-state index contributed by atoms with van der Waals surface area (Å²) in [5, 5.41) is 6.84. The number of amides is 1. The number of alkyl halides is 4. The highest BCUT2D eigenvalue weighted by molar-refractivity contribution is 5.99. The largest absolute Gasteiger partial charge is 0.415 e. The van der Waals surface area contributed by atoms with Crippen molar-refractivity contribution in [3.05, 3.63) is 35.2 Å². The third-order valence-corrected chi connectivity index (χ3v) is 5.05. The van der Waals surface area contributed by atoms with Gasteiger partial charge < -0.3 is 15.1 Å². The van der Waals surface area contributed by atoms with Crippen LogP contribution in [0.4, 0.5) is 17.6 Å². The molecule has 0 radical (unpaired) electrons. The molecule has 1 fully saturated rings. The summed E-state index contributed by atoms with van der Waals surface area (Å²) in [6.07, 6.45) is -3.53. The predicted molar refractivity (Wildman–Crippen MR) is 85.1 cm³/mol. The summed E-state index contributed by atoms with van der Waals surface area (Å²) in [6, 6.07) is 3.46. The molecular weight excluding hydrogens is 368 g/mol. The molecule has 2 aliphatic rings. The Morgan fingerprint density at radius 3 is 2.74 bits per heavy atom. The third kappa shape index (κ3) is 3.18. The highest BCUT2D eigenvalue weighted by Crippen LogP contribution is 2.38. The number of hydrogen-bond donors (Lipinski definition) is 1. The highest BCUT2D eigenvalue weighted by Gasteiger charge is 2.45. The van der Waals surface area contributed by atoms with Crippen LogP contribution in [-0.2, 0) is 6.54 Å². The second kappa shape index (κ2) is 6.29. The summed E-state index contributed by atoms with van der Waals surface area (Å²) in [6.45, 7) is 0.268. The lowest BCUT2D eigenvalue weighted by Gasteiger charge is -2.39. The third-order valence-electron chi connectivity index (χ3n) is 5.05. The van der Waals surface area contributed by atoms with Gasteiger partial charge in [0, 0.05) is 42.6 Å². The van der Waals surface area contributed by atoms with E-state index in [0.29, 0.717) is 16.7 Å². The van der Waals surface area contributed by atoms with Crippen molar-refractivity contribution in [2.24, 2.45) is 5.73 Å². The Hall–Kier alpha value is -2.49. The Balaban J connectivity index is 1.58. The van der Waals surface area contributed by atoms with E-state index in [1.807, 2.05) is 0 Å². The lowest BCUT2D eigenvalue weighted by atomic mass is 9.87. The molecule has 27 heavy (non-hydrogen) atoms. The van der Waals surface area contributed by atoms with Crippen LogP contribution in [0.2, 0.25) is 0 Å². The number of carbonyl (C=O) groups excluding carboxylic acids is 1. The van der Waals surface area contributed by atoms with Crippen LogP contribution in [0.5, 0.6) is 0 Å². The molecule has 1 amide bonds. The monoisotopic (exact) mass is 384 g/mol. The summed E-state index contributed by atoms with van der Waals surface area (Å²) in [4.78, 5) is 14.3. The van der Waals surface area contributed by atoms with E-state index in [9.17, 15) is 22.4 Å². The van der Waals surface area contributed by atoms with Gasteiger partial charge in [-0.3, -0.25) is 4.79 Å². The average molecular weight is 384 g/mol. The van der Waals surface area contributed by atoms with Gasteiger partial charge in [0.1, 0.15) is 0 Å². The van der Waals surface area contributed by atoms with Gasteiger partial charge in [-0.1, -0.05) is 6.07 Å². The summed E-state index contributed by atoms with van der Waals surface area (Å²) in [5.41, 5.74) is 7.31. The number of fused-ring (bicyclic) bond motifs is 1. The minimum Gasteiger partial charge on any atom is -0.415 e. The van der Waals surface area contributed by atoms with Crippen molar-refractivity contribution in [3.63, 3.8) is 0 Å². The number of halogens is 4. The van der Waals surface area contributed by atoms with Gasteiger partial charge in [0.15, 0.2) is 0 Å². The Labute approximate surface area is 151 Å². The Bertz CT molecular complexity index is 886. The molecule has 4 rings (SSSR count). The maximum atomic E-state index is 13.5. The van der Waals surface area contributed by atoms with Crippen molar-refractivity contribution in [1.29, 1.82) is 0 Å². The first-order valence-corrected chi connectivity index (χ1v) is 8.44. The van der Waals surface area contributed by atoms with Crippen LogP contribution in [0.3, 0.4) is 0 Å². The van der Waals surface area contributed by atoms with E-state index in [1.165, 1.54) is 11.0 Å². The molecule has 2 heterocycles. The molecule has 0 bridgehead atoms. The molecule has 1 aliphatic heterocycles. The number of nitrogens with zero attached hydrogens (tertiary/aromatic N) is 3. The Morgan fingerprint density at radius 1 is 1.30 bits per heavy atom. The molecule has 1 aromatic heterocycles. The molecule has 1 aliphatic carbocycles. The normalized spacial score (nSPS) is 24.5. The van der Waals surface area contributed by atoms with Crippen LogP contribution >= 0.6 is 0 Å². The van der Waals surface area contributed by atoms with Crippen molar-refractivity contribution in [2.45, 2.75) is 50.2 Å². The lowest BCUT2D eigenvalue weighted by Crippen LogP contribution is -2.53. The summed E-state index contributed by atoms with van der Waals surface area (Å²) < 4.78 is 57.1. The molecule has 0 spiro atoms. The van der Waals surface area contributed by atoms with E-state index < -0.39 is 36.7 Å². The van der Waals surface area contributed by atoms with Gasteiger partial charge in [-0.15, -0.1) is 10.2 Å². The van der Waals surface area contributed by atoms with Gasteiger partial charge in [0.2, 0.25) is 11.8 Å². The van der Waals surface area contributed by atoms with Crippen molar-refractivity contribution < 1.29 is 26.8 Å². The van der Waals surface area contributed by atoms with Gasteiger partial charge in [-0.2, -0.15) is 8.78 Å². The zero-order chi connectivity index (χ0) is 19.3. The van der Waals surface area contributed by atoms with Crippen LogP contribution in [0.15, 0.2) is 22.6 Å². The number of nitrogens with two attached hydrogens (primary N) is 1. The van der Waals surface area contributed by atoms with E-state index in [0.717, 1.165) is 0 Å². The maximum Gasteiger partial charge on any atom is 0.314 e. The molecule has 2 atom stereocenters. The van der Waals surface area contributed by atoms with E-state index in [-0.39, 0.29) is 31.2 Å². The summed E-state index contributed by atoms with van der Waals surface area (Å²) in [5.74, 6) is -4.05. The van der Waals surface area contributed by atoms with E-state index >= 15 is 0 Å². The van der Waals surface area contributed by atoms with Crippen molar-refractivity contribution in [3.8, 4) is 11.5 Å². The fourth-order valence-corrected chi connectivity index (χ4v) is 3.71. The van der Waals surface area contributed by atoms with Crippen molar-refractivity contribution in [2.75, 3.05) is 0 Å². The Kier molecular flexibility index (Phi) is 4.17. The van der Waals surface area contributed by atoms with Gasteiger partial charge >= 0.3 is 6.43 Å². The molecule has 10 heteroatoms. The van der Waals surface area contributed by atoms with Gasteiger partial charge in [-0.05, 0) is 24.1 Å². The van der Waals surface area contributed by atoms with Crippen LogP contribution in [-0.4, -0.2) is 39.0 Å². The molecule has 6 nitrogen and oxygen atoms in total. The number of aromatic nitrogens is 2. The molecule has 0 unspecified atom stereocenters. The zero-order valence-electron chi connectivity index (χ0n) is 14.0. The molecular formula is C17H16F4N4O2. The average Bonchev–Trinajstić information content (AvgIpc) is 3.20. The van der Waals surface area contributed by atoms with E-state index in [4.69, 9.17) is 10.2 Å². The number of benzene rings is 1. The second-order valence-electron chi connectivity index (χ2n) is 6.88. The molecule has 0 saturated heterocycles. The first-order chi connectivity index (χ1) is 12.7. The van der Waals surface area contributed by atoms with E-state index in [1.54, 1.807) is 12.1 Å². The molecule has 1 saturated carbocycles. The van der Waals surface area contributed by atoms with Crippen molar-refractivity contribution >= 4 is 5.91 Å². The van der Waals surface area contributed by atoms with Crippen LogP contribution < -0.4 is 5.73 Å². The quantitative estimate of drug-likeness (QED) is 0.822. The second-order valence-corrected chi connectivity index (χ2v) is 6.88. The first-order valence-electron chi connectivity index (χ1n) is 8.44. The molecule has 2 N–H and O–H groups in total. The molecule has 1 aromatic carbocycles. The SMILES string of the molecule is N[C@H]1CC(F)(F)CC[C@H]1N1Cc2ccc(-c3nnc(C(F)F)o3)cc2C1=O. The van der Waals surface area contributed by atoms with Crippen molar-refractivity contribution in [1.82, 2.24) is 15.1 Å². The smallest absolute Gasteiger partial charge is 0.314 e. The predicted octanol–water partition coefficient (Wildman–Crippen LogP) is 3.15. The molecule has 144 valence electrons. The number of carbonyl (C=O) groups is 1. The minimum atomic E-state index is -2.89. The topological polar surface area (TPSA) is 85.2 Å². The number of hydrogen-bond acceptors (Lipinski definition) is 5. The van der Waals surface area contributed by atoms with Crippen LogP contribution in [0.1, 0.15) is 47.5 Å². The van der Waals surface area contributed by atoms with Crippen LogP contribution in [0.25, 0.3) is 11.5 Å². The fourth-order valence-electron chi connectivity index (χ4n) is 3.71. The standard InChI is InChI=1S/C17H16F4N4O2/c18-13(19)15-24-23-14(27-15)8-1-2-9-7-25(16(26)10(9)5-8)12-3-4-17(20,21)6-11(12)22/h1-2,5,11-13H,3-4,6-7,22H2/t11-,12+/m0/s1. The van der Waals surface area contributed by atoms with Crippen LogP contribution in [0, 0.1) is 0 Å². The first kappa shape index (κ1) is 17.9. The summed E-state index contributed by atoms with van der Waals surface area (Å²) >= 11 is 0. The lowest BCUT2D eigenvalue weighted by molar-refractivity contribution is -0.0586. The Morgan fingerprint density at radius 2 is 2.07 bits per heavy atom. The maximum absolute atomic E-state index is 13.5. The van der Waals surface area contributed by atoms with E-state index in [2.05, 4.69) is 10.2 Å². The van der Waals surface area contributed by atoms with Gasteiger partial charge in [0.25, 0.3) is 11.8 Å². The zero-order valence-corrected chi connectivity index (χ0v) is 14.0. The summed E-state index contributed by atoms with van der Waals surface area (Å²) in [7, 11) is 0. The van der Waals surface area contributed by atoms with Gasteiger partial charge in [0.05, 0.1) is 0 Å². The highest BCUT2D eigenvalue weighted by atomic mass is 19.3. The fraction of sp³-hybridized carbons (Fsp3) is 0.471. The van der Waals surface area contributed by atoms with Gasteiger partial charge in [-0.25, -0.2) is 8.78 Å². The molecule has 2 aromatic rings. The number of rotatable bonds is 3. The minimum absolute atomic E-state index is 0.117.